The van der Waals surface area contributed by atoms with Crippen LogP contribution >= 0.6 is 11.3 Å². The molecule has 0 radical (unpaired) electrons. The number of sulfonamides is 1. The van der Waals surface area contributed by atoms with Crippen LogP contribution in [0.4, 0.5) is 0 Å². The van der Waals surface area contributed by atoms with Crippen LogP contribution in [0.15, 0.2) is 46.7 Å². The molecule has 0 spiro atoms. The molecular weight excluding hydrogens is 378 g/mol. The number of esters is 2. The fourth-order valence-corrected chi connectivity index (χ4v) is 4.79. The zero-order chi connectivity index (χ0) is 19.2. The van der Waals surface area contributed by atoms with E-state index in [0.717, 1.165) is 16.9 Å². The smallest absolute Gasteiger partial charge is 0.349 e. The van der Waals surface area contributed by atoms with Crippen molar-refractivity contribution in [3.8, 4) is 0 Å². The molecule has 140 valence electrons. The maximum absolute atomic E-state index is 12.7. The van der Waals surface area contributed by atoms with E-state index in [2.05, 4.69) is 9.46 Å². The van der Waals surface area contributed by atoms with E-state index in [9.17, 15) is 18.0 Å². The van der Waals surface area contributed by atoms with Crippen LogP contribution in [0.2, 0.25) is 0 Å². The molecule has 2 rings (SSSR count). The van der Waals surface area contributed by atoms with Crippen LogP contribution in [0, 0.1) is 0 Å². The van der Waals surface area contributed by atoms with Crippen molar-refractivity contribution in [3.63, 3.8) is 0 Å². The van der Waals surface area contributed by atoms with Gasteiger partial charge in [0, 0.05) is 0 Å². The Labute approximate surface area is 156 Å². The number of carbonyl (C=O) groups is 2. The van der Waals surface area contributed by atoms with E-state index in [-0.39, 0.29) is 22.8 Å². The van der Waals surface area contributed by atoms with Gasteiger partial charge in [-0.1, -0.05) is 30.3 Å². The molecule has 0 aliphatic rings. The molecule has 1 heterocycles. The number of thiophene rings is 1. The quantitative estimate of drug-likeness (QED) is 0.684. The first-order valence-electron chi connectivity index (χ1n) is 7.77. The zero-order valence-electron chi connectivity index (χ0n) is 14.3. The third-order valence-corrected chi connectivity index (χ3v) is 5.98. The lowest BCUT2D eigenvalue weighted by molar-refractivity contribution is -0.145. The molecule has 1 unspecified atom stereocenters. The second-order valence-electron chi connectivity index (χ2n) is 5.22. The van der Waals surface area contributed by atoms with Crippen molar-refractivity contribution in [1.82, 2.24) is 4.72 Å². The van der Waals surface area contributed by atoms with E-state index in [1.165, 1.54) is 18.6 Å². The lowest BCUT2D eigenvalue weighted by Gasteiger charge is -2.17. The molecule has 1 aromatic carbocycles. The monoisotopic (exact) mass is 397 g/mol. The molecular formula is C17H19NO6S2. The first-order chi connectivity index (χ1) is 12.4. The van der Waals surface area contributed by atoms with Crippen molar-refractivity contribution in [3.05, 3.63) is 52.2 Å². The highest BCUT2D eigenvalue weighted by molar-refractivity contribution is 7.89. The summed E-state index contributed by atoms with van der Waals surface area (Å²) in [6.45, 7) is 1.76. The maximum Gasteiger partial charge on any atom is 0.349 e. The molecule has 0 fully saturated rings. The highest BCUT2D eigenvalue weighted by Crippen LogP contribution is 2.23. The van der Waals surface area contributed by atoms with Gasteiger partial charge in [0.1, 0.15) is 15.8 Å². The van der Waals surface area contributed by atoms with Crippen LogP contribution in [0.1, 0.15) is 22.2 Å². The van der Waals surface area contributed by atoms with Crippen LogP contribution in [0.3, 0.4) is 0 Å². The van der Waals surface area contributed by atoms with Crippen molar-refractivity contribution < 1.29 is 27.5 Å². The van der Waals surface area contributed by atoms with Gasteiger partial charge < -0.3 is 9.47 Å². The second-order valence-corrected chi connectivity index (χ2v) is 7.82. The van der Waals surface area contributed by atoms with E-state index in [1.807, 2.05) is 6.07 Å². The van der Waals surface area contributed by atoms with Gasteiger partial charge in [0.25, 0.3) is 0 Å². The van der Waals surface area contributed by atoms with E-state index >= 15 is 0 Å². The largest absolute Gasteiger partial charge is 0.465 e. The standard InChI is InChI=1S/C17H19NO6S2/c1-3-24-16(19)13(11-12-7-5-4-6-8-12)18-26(21,22)14-9-10-25-15(14)17(20)23-2/h4-10,13,18H,3,11H2,1-2H3. The molecule has 26 heavy (non-hydrogen) atoms. The Balaban J connectivity index is 2.30. The van der Waals surface area contributed by atoms with Gasteiger partial charge in [0.15, 0.2) is 0 Å². The van der Waals surface area contributed by atoms with Gasteiger partial charge in [-0.25, -0.2) is 13.2 Å². The summed E-state index contributed by atoms with van der Waals surface area (Å²) in [7, 11) is -2.96. The molecule has 0 aliphatic carbocycles. The summed E-state index contributed by atoms with van der Waals surface area (Å²) >= 11 is 0.949. The zero-order valence-corrected chi connectivity index (χ0v) is 15.9. The van der Waals surface area contributed by atoms with Crippen molar-refractivity contribution >= 4 is 33.3 Å². The molecule has 0 bridgehead atoms. The van der Waals surface area contributed by atoms with Gasteiger partial charge in [-0.15, -0.1) is 11.3 Å². The van der Waals surface area contributed by atoms with Crippen LogP contribution in [-0.2, 0) is 30.7 Å². The Morgan fingerprint density at radius 2 is 1.88 bits per heavy atom. The number of benzene rings is 1. The predicted octanol–water partition coefficient (Wildman–Crippen LogP) is 1.99. The summed E-state index contributed by atoms with van der Waals surface area (Å²) < 4.78 is 37.4. The molecule has 9 heteroatoms. The summed E-state index contributed by atoms with van der Waals surface area (Å²) in [5.74, 6) is -1.44. The highest BCUT2D eigenvalue weighted by atomic mass is 32.2. The fraction of sp³-hybridized carbons (Fsp3) is 0.294. The SMILES string of the molecule is CCOC(=O)C(Cc1ccccc1)NS(=O)(=O)c1ccsc1C(=O)OC. The van der Waals surface area contributed by atoms with Crippen LogP contribution < -0.4 is 4.72 Å². The normalized spacial score (nSPS) is 12.4. The van der Waals surface area contributed by atoms with Gasteiger partial charge in [0.05, 0.1) is 13.7 Å². The summed E-state index contributed by atoms with van der Waals surface area (Å²) in [4.78, 5) is 23.7. The third-order valence-electron chi connectivity index (χ3n) is 3.44. The molecule has 0 saturated heterocycles. The summed E-state index contributed by atoms with van der Waals surface area (Å²) in [6, 6.07) is 9.15. The fourth-order valence-electron chi connectivity index (χ4n) is 2.27. The number of hydrogen-bond acceptors (Lipinski definition) is 7. The van der Waals surface area contributed by atoms with Crippen LogP contribution in [0.25, 0.3) is 0 Å². The average Bonchev–Trinajstić information content (AvgIpc) is 3.12. The predicted molar refractivity (Wildman–Crippen MR) is 96.5 cm³/mol. The first kappa shape index (κ1) is 20.1. The first-order valence-corrected chi connectivity index (χ1v) is 10.1. The molecule has 0 saturated carbocycles. The van der Waals surface area contributed by atoms with Gasteiger partial charge in [-0.05, 0) is 30.4 Å². The van der Waals surface area contributed by atoms with E-state index in [1.54, 1.807) is 31.2 Å². The second kappa shape index (κ2) is 8.93. The Morgan fingerprint density at radius 1 is 1.19 bits per heavy atom. The molecule has 7 nitrogen and oxygen atoms in total. The van der Waals surface area contributed by atoms with Gasteiger partial charge >= 0.3 is 11.9 Å². The molecule has 0 amide bonds. The lowest BCUT2D eigenvalue weighted by Crippen LogP contribution is -2.43. The molecule has 1 N–H and O–H groups in total. The van der Waals surface area contributed by atoms with Crippen LogP contribution in [0.5, 0.6) is 0 Å². The lowest BCUT2D eigenvalue weighted by atomic mass is 10.1. The van der Waals surface area contributed by atoms with Crippen molar-refractivity contribution in [2.45, 2.75) is 24.3 Å². The number of ether oxygens (including phenoxy) is 2. The van der Waals surface area contributed by atoms with Crippen molar-refractivity contribution in [2.24, 2.45) is 0 Å². The Morgan fingerprint density at radius 3 is 2.50 bits per heavy atom. The van der Waals surface area contributed by atoms with E-state index < -0.39 is 28.0 Å². The Hall–Kier alpha value is -2.23. The van der Waals surface area contributed by atoms with Crippen molar-refractivity contribution in [1.29, 1.82) is 0 Å². The minimum atomic E-state index is -4.13. The number of carbonyl (C=O) groups excluding carboxylic acids is 2. The van der Waals surface area contributed by atoms with Gasteiger partial charge in [-0.2, -0.15) is 4.72 Å². The van der Waals surface area contributed by atoms with Gasteiger partial charge in [0.2, 0.25) is 10.0 Å². The Kier molecular flexibility index (Phi) is 6.90. The third kappa shape index (κ3) is 4.90. The van der Waals surface area contributed by atoms with Crippen molar-refractivity contribution in [2.75, 3.05) is 13.7 Å². The summed E-state index contributed by atoms with van der Waals surface area (Å²) in [6.07, 6.45) is 0.122. The Bertz CT molecular complexity index is 860. The molecule has 0 aliphatic heterocycles. The van der Waals surface area contributed by atoms with E-state index in [4.69, 9.17) is 4.74 Å². The number of rotatable bonds is 8. The van der Waals surface area contributed by atoms with Crippen LogP contribution in [-0.4, -0.2) is 40.1 Å². The average molecular weight is 397 g/mol. The summed E-state index contributed by atoms with van der Waals surface area (Å²) in [5.41, 5.74) is 0.770. The highest BCUT2D eigenvalue weighted by Gasteiger charge is 2.31. The molecule has 2 aromatic rings. The molecule has 1 aromatic heterocycles. The van der Waals surface area contributed by atoms with Gasteiger partial charge in [-0.3, -0.25) is 4.79 Å². The number of methoxy groups -OCH3 is 1. The summed E-state index contributed by atoms with van der Waals surface area (Å²) in [5, 5.41) is 1.47. The number of hydrogen-bond donors (Lipinski definition) is 1. The maximum atomic E-state index is 12.7. The minimum absolute atomic E-state index is 0.0534. The number of nitrogens with one attached hydrogen (secondary N) is 1. The minimum Gasteiger partial charge on any atom is -0.465 e. The topological polar surface area (TPSA) is 98.8 Å². The van der Waals surface area contributed by atoms with E-state index in [0.29, 0.717) is 0 Å². The molecule has 1 atom stereocenters.